The molecule has 3 heterocycles. The molecule has 27 heavy (non-hydrogen) atoms. The third-order valence-electron chi connectivity index (χ3n) is 5.75. The van der Waals surface area contributed by atoms with Crippen molar-refractivity contribution in [3.05, 3.63) is 52.6 Å². The van der Waals surface area contributed by atoms with Crippen LogP contribution >= 0.6 is 11.3 Å². The van der Waals surface area contributed by atoms with Gasteiger partial charge in [0.2, 0.25) is 10.9 Å². The van der Waals surface area contributed by atoms with Gasteiger partial charge in [0.15, 0.2) is 11.5 Å². The molecule has 2 aromatic heterocycles. The fraction of sp³-hybridized carbons (Fsp3) is 0.368. The topological polar surface area (TPSA) is 96.5 Å². The van der Waals surface area contributed by atoms with Gasteiger partial charge in [0.1, 0.15) is 11.3 Å². The third-order valence-corrected chi connectivity index (χ3v) is 6.44. The van der Waals surface area contributed by atoms with Gasteiger partial charge in [0.25, 0.3) is 5.91 Å². The highest BCUT2D eigenvalue weighted by atomic mass is 32.1. The van der Waals surface area contributed by atoms with Crippen molar-refractivity contribution >= 4 is 28.2 Å². The third kappa shape index (κ3) is 2.39. The Morgan fingerprint density at radius 3 is 2.78 bits per heavy atom. The quantitative estimate of drug-likeness (QED) is 0.644. The number of Topliss-reactive ketones (excluding diaryl/α,β-unsaturated/α-hetero) is 1. The van der Waals surface area contributed by atoms with Gasteiger partial charge >= 0.3 is 0 Å². The molecule has 0 aromatic carbocycles. The smallest absolute Gasteiger partial charge is 0.296 e. The first-order chi connectivity index (χ1) is 13.0. The summed E-state index contributed by atoms with van der Waals surface area (Å²) in [5, 5.41) is 18.9. The van der Waals surface area contributed by atoms with E-state index in [2.05, 4.69) is 22.3 Å². The lowest BCUT2D eigenvalue weighted by atomic mass is 9.82. The van der Waals surface area contributed by atoms with Crippen molar-refractivity contribution in [1.29, 1.82) is 0 Å². The molecule has 138 valence electrons. The molecule has 2 aliphatic carbocycles. The Balaban J connectivity index is 1.61. The first-order valence-electron chi connectivity index (χ1n) is 8.87. The summed E-state index contributed by atoms with van der Waals surface area (Å²) >= 11 is 1.21. The molecule has 4 atom stereocenters. The molecule has 5 rings (SSSR count). The molecule has 7 nitrogen and oxygen atoms in total. The number of anilines is 1. The summed E-state index contributed by atoms with van der Waals surface area (Å²) in [6, 6.07) is 2.70. The molecule has 1 saturated carbocycles. The molecule has 0 saturated heterocycles. The predicted molar refractivity (Wildman–Crippen MR) is 97.5 cm³/mol. The fourth-order valence-electron chi connectivity index (χ4n) is 4.63. The Bertz CT molecular complexity index is 991. The SMILES string of the molecule is Cc1ccc(C(=O)C2=C(O)C(=O)N(c3nncs3)C2C2CC3C=CC2C3)o1. The van der Waals surface area contributed by atoms with Crippen LogP contribution in [0, 0.1) is 24.7 Å². The number of allylic oxidation sites excluding steroid dienone is 2. The second-order valence-electron chi connectivity index (χ2n) is 7.29. The van der Waals surface area contributed by atoms with Crippen LogP contribution in [0.4, 0.5) is 5.13 Å². The van der Waals surface area contributed by atoms with Gasteiger partial charge in [-0.25, -0.2) is 0 Å². The molecule has 1 N–H and O–H groups in total. The number of nitrogens with zero attached hydrogens (tertiary/aromatic N) is 3. The summed E-state index contributed by atoms with van der Waals surface area (Å²) < 4.78 is 5.48. The highest BCUT2D eigenvalue weighted by Gasteiger charge is 2.53. The number of ketones is 1. The molecule has 0 spiro atoms. The van der Waals surface area contributed by atoms with Crippen LogP contribution in [0.25, 0.3) is 0 Å². The van der Waals surface area contributed by atoms with Crippen LogP contribution in [-0.2, 0) is 4.79 Å². The van der Waals surface area contributed by atoms with E-state index in [1.807, 2.05) is 0 Å². The zero-order valence-electron chi connectivity index (χ0n) is 14.5. The highest BCUT2D eigenvalue weighted by molar-refractivity contribution is 7.13. The normalized spacial score (nSPS) is 29.4. The molecule has 3 aliphatic rings. The van der Waals surface area contributed by atoms with Crippen molar-refractivity contribution in [2.24, 2.45) is 17.8 Å². The van der Waals surface area contributed by atoms with Crippen LogP contribution < -0.4 is 4.90 Å². The number of amides is 1. The number of aliphatic hydroxyl groups is 1. The van der Waals surface area contributed by atoms with E-state index in [0.717, 1.165) is 12.8 Å². The number of aliphatic hydroxyl groups excluding tert-OH is 1. The first kappa shape index (κ1) is 16.4. The Labute approximate surface area is 159 Å². The van der Waals surface area contributed by atoms with Crippen LogP contribution in [0.3, 0.4) is 0 Å². The van der Waals surface area contributed by atoms with E-state index in [-0.39, 0.29) is 23.2 Å². The Morgan fingerprint density at radius 2 is 2.19 bits per heavy atom. The molecular weight excluding hydrogens is 366 g/mol. The average Bonchev–Trinajstić information content (AvgIpc) is 3.44. The maximum atomic E-state index is 13.2. The molecule has 2 bridgehead atoms. The van der Waals surface area contributed by atoms with E-state index in [1.54, 1.807) is 19.1 Å². The van der Waals surface area contributed by atoms with Crippen LogP contribution in [0.5, 0.6) is 0 Å². The number of fused-ring (bicyclic) bond motifs is 2. The number of hydrogen-bond acceptors (Lipinski definition) is 7. The summed E-state index contributed by atoms with van der Waals surface area (Å²) in [5.74, 6) is -0.0549. The minimum atomic E-state index is -0.602. The molecule has 1 amide bonds. The van der Waals surface area contributed by atoms with Crippen molar-refractivity contribution in [1.82, 2.24) is 10.2 Å². The number of rotatable bonds is 4. The van der Waals surface area contributed by atoms with Gasteiger partial charge in [0.05, 0.1) is 11.6 Å². The van der Waals surface area contributed by atoms with Crippen LogP contribution in [0.15, 0.2) is 45.5 Å². The van der Waals surface area contributed by atoms with Gasteiger partial charge in [-0.05, 0) is 49.7 Å². The average molecular weight is 383 g/mol. The number of furan rings is 1. The number of aryl methyl sites for hydroxylation is 1. The molecular formula is C19H17N3O4S. The lowest BCUT2D eigenvalue weighted by Gasteiger charge is -2.32. The summed E-state index contributed by atoms with van der Waals surface area (Å²) in [6.45, 7) is 1.75. The van der Waals surface area contributed by atoms with Gasteiger partial charge in [-0.3, -0.25) is 14.5 Å². The summed E-state index contributed by atoms with van der Waals surface area (Å²) in [6.07, 6.45) is 6.25. The van der Waals surface area contributed by atoms with Gasteiger partial charge < -0.3 is 9.52 Å². The van der Waals surface area contributed by atoms with Gasteiger partial charge in [0, 0.05) is 0 Å². The summed E-state index contributed by atoms with van der Waals surface area (Å²) in [4.78, 5) is 27.5. The molecule has 1 fully saturated rings. The zero-order valence-corrected chi connectivity index (χ0v) is 15.3. The van der Waals surface area contributed by atoms with Crippen molar-refractivity contribution in [3.63, 3.8) is 0 Å². The van der Waals surface area contributed by atoms with E-state index in [4.69, 9.17) is 4.42 Å². The maximum Gasteiger partial charge on any atom is 0.296 e. The number of hydrogen-bond donors (Lipinski definition) is 1. The number of carbonyl (C=O) groups is 2. The van der Waals surface area contributed by atoms with Crippen LogP contribution in [0.2, 0.25) is 0 Å². The molecule has 4 unspecified atom stereocenters. The lowest BCUT2D eigenvalue weighted by molar-refractivity contribution is -0.117. The van der Waals surface area contributed by atoms with E-state index >= 15 is 0 Å². The van der Waals surface area contributed by atoms with E-state index in [1.165, 1.54) is 21.7 Å². The maximum absolute atomic E-state index is 13.2. The largest absolute Gasteiger partial charge is 0.503 e. The predicted octanol–water partition coefficient (Wildman–Crippen LogP) is 3.06. The van der Waals surface area contributed by atoms with Gasteiger partial charge in [-0.15, -0.1) is 10.2 Å². The van der Waals surface area contributed by atoms with Crippen molar-refractivity contribution in [2.45, 2.75) is 25.8 Å². The molecule has 0 radical (unpaired) electrons. The van der Waals surface area contributed by atoms with Crippen LogP contribution in [0.1, 0.15) is 29.2 Å². The van der Waals surface area contributed by atoms with Crippen LogP contribution in [-0.4, -0.2) is 33.0 Å². The Hall–Kier alpha value is -2.74. The Kier molecular flexibility index (Phi) is 3.58. The second-order valence-corrected chi connectivity index (χ2v) is 8.10. The summed E-state index contributed by atoms with van der Waals surface area (Å²) in [5.41, 5.74) is 1.64. The van der Waals surface area contributed by atoms with Crippen molar-refractivity contribution in [3.8, 4) is 0 Å². The zero-order chi connectivity index (χ0) is 18.7. The highest BCUT2D eigenvalue weighted by Crippen LogP contribution is 2.50. The number of carbonyl (C=O) groups excluding carboxylic acids is 2. The fourth-order valence-corrected chi connectivity index (χ4v) is 5.22. The first-order valence-corrected chi connectivity index (χ1v) is 9.75. The lowest BCUT2D eigenvalue weighted by Crippen LogP contribution is -2.43. The molecule has 1 aliphatic heterocycles. The van der Waals surface area contributed by atoms with E-state index in [9.17, 15) is 14.7 Å². The molecule has 8 heteroatoms. The second kappa shape index (κ2) is 5.88. The van der Waals surface area contributed by atoms with E-state index < -0.39 is 23.5 Å². The van der Waals surface area contributed by atoms with Gasteiger partial charge in [-0.1, -0.05) is 23.5 Å². The van der Waals surface area contributed by atoms with E-state index in [0.29, 0.717) is 16.8 Å². The van der Waals surface area contributed by atoms with Gasteiger partial charge in [-0.2, -0.15) is 0 Å². The number of aromatic nitrogens is 2. The standard InChI is InChI=1S/C19H17N3O4S/c1-9-2-5-13(26-9)16(23)14-15(12-7-10-3-4-11(12)6-10)22(18(25)17(14)24)19-21-20-8-27-19/h2-5,8,10-12,15,24H,6-7H2,1H3. The summed E-state index contributed by atoms with van der Waals surface area (Å²) in [7, 11) is 0. The minimum absolute atomic E-state index is 0.0486. The minimum Gasteiger partial charge on any atom is -0.503 e. The van der Waals surface area contributed by atoms with Crippen molar-refractivity contribution in [2.75, 3.05) is 4.90 Å². The monoisotopic (exact) mass is 383 g/mol. The van der Waals surface area contributed by atoms with Crippen molar-refractivity contribution < 1.29 is 19.1 Å². The molecule has 2 aromatic rings. The Morgan fingerprint density at radius 1 is 1.33 bits per heavy atom.